The van der Waals surface area contributed by atoms with Crippen LogP contribution in [0, 0.1) is 0 Å². The molecule has 0 amide bonds. The molecule has 0 aliphatic carbocycles. The molecule has 4 nitrogen and oxygen atoms in total. The van der Waals surface area contributed by atoms with E-state index in [0.29, 0.717) is 6.54 Å². The largest absolute Gasteiger partial charge is 0.478 e. The monoisotopic (exact) mass is 195 g/mol. The van der Waals surface area contributed by atoms with Gasteiger partial charge in [0, 0.05) is 25.6 Å². The molecule has 1 aromatic rings. The Hall–Kier alpha value is -1.55. The molecule has 2 N–H and O–H groups in total. The topological polar surface area (TPSA) is 62.5 Å². The van der Waals surface area contributed by atoms with E-state index in [9.17, 15) is 4.79 Å². The fourth-order valence-electron chi connectivity index (χ4n) is 1.01. The Morgan fingerprint density at radius 1 is 1.64 bits per heavy atom. The molecule has 0 unspecified atom stereocenters. The van der Waals surface area contributed by atoms with E-state index in [1.165, 1.54) is 0 Å². The second-order valence-corrected chi connectivity index (χ2v) is 2.77. The summed E-state index contributed by atoms with van der Waals surface area (Å²) in [5.41, 5.74) is 0. The molecule has 0 radical (unpaired) electrons. The molecule has 14 heavy (non-hydrogen) atoms. The Morgan fingerprint density at radius 3 is 3.14 bits per heavy atom. The molecule has 4 heteroatoms. The molecule has 0 saturated heterocycles. The number of aliphatic carboxylic acids is 1. The average Bonchev–Trinajstić information content (AvgIpc) is 2.63. The van der Waals surface area contributed by atoms with Crippen LogP contribution in [0.15, 0.2) is 35.0 Å². The first-order valence-electron chi connectivity index (χ1n) is 4.41. The summed E-state index contributed by atoms with van der Waals surface area (Å²) >= 11 is 0. The van der Waals surface area contributed by atoms with Crippen LogP contribution in [-0.2, 0) is 11.2 Å². The molecule has 0 aliphatic heterocycles. The van der Waals surface area contributed by atoms with Gasteiger partial charge in [-0.2, -0.15) is 0 Å². The van der Waals surface area contributed by atoms with Crippen molar-refractivity contribution >= 4 is 5.97 Å². The molecule has 0 aromatic carbocycles. The summed E-state index contributed by atoms with van der Waals surface area (Å²) in [6.07, 6.45) is 5.15. The Balaban J connectivity index is 2.03. The van der Waals surface area contributed by atoms with Gasteiger partial charge >= 0.3 is 5.97 Å². The number of nitrogens with one attached hydrogen (secondary N) is 1. The number of carboxylic acid groups (broad SMARTS) is 1. The predicted molar refractivity (Wildman–Crippen MR) is 52.1 cm³/mol. The van der Waals surface area contributed by atoms with E-state index in [4.69, 9.17) is 9.52 Å². The normalized spacial score (nSPS) is 10.9. The summed E-state index contributed by atoms with van der Waals surface area (Å²) in [6, 6.07) is 3.76. The summed E-state index contributed by atoms with van der Waals surface area (Å²) in [5, 5.41) is 11.4. The van der Waals surface area contributed by atoms with E-state index in [2.05, 4.69) is 5.32 Å². The SMILES string of the molecule is O=C(O)/C=C/CNCCc1ccco1. The number of hydrogen-bond donors (Lipinski definition) is 2. The zero-order chi connectivity index (χ0) is 10.2. The molecule has 0 saturated carbocycles. The van der Waals surface area contributed by atoms with Gasteiger partial charge in [-0.1, -0.05) is 6.08 Å². The summed E-state index contributed by atoms with van der Waals surface area (Å²) in [4.78, 5) is 10.1. The van der Waals surface area contributed by atoms with E-state index in [0.717, 1.165) is 24.8 Å². The first kappa shape index (κ1) is 10.5. The third-order valence-electron chi connectivity index (χ3n) is 1.65. The number of carboxylic acids is 1. The van der Waals surface area contributed by atoms with Crippen molar-refractivity contribution in [1.29, 1.82) is 0 Å². The smallest absolute Gasteiger partial charge is 0.328 e. The van der Waals surface area contributed by atoms with Crippen molar-refractivity contribution in [2.45, 2.75) is 6.42 Å². The Bertz CT molecular complexity index is 290. The molecule has 0 aliphatic rings. The van der Waals surface area contributed by atoms with Crippen molar-refractivity contribution in [2.75, 3.05) is 13.1 Å². The second-order valence-electron chi connectivity index (χ2n) is 2.77. The minimum atomic E-state index is -0.919. The molecule has 0 bridgehead atoms. The summed E-state index contributed by atoms with van der Waals surface area (Å²) < 4.78 is 5.13. The highest BCUT2D eigenvalue weighted by Crippen LogP contribution is 1.99. The van der Waals surface area contributed by atoms with Crippen LogP contribution < -0.4 is 5.32 Å². The van der Waals surface area contributed by atoms with Crippen LogP contribution in [0.4, 0.5) is 0 Å². The van der Waals surface area contributed by atoms with Crippen LogP contribution in [0.25, 0.3) is 0 Å². The van der Waals surface area contributed by atoms with Crippen molar-refractivity contribution in [3.05, 3.63) is 36.3 Å². The van der Waals surface area contributed by atoms with Gasteiger partial charge in [0.25, 0.3) is 0 Å². The van der Waals surface area contributed by atoms with Gasteiger partial charge < -0.3 is 14.8 Å². The standard InChI is InChI=1S/C10H13NO3/c12-10(13)4-1-6-11-7-5-9-3-2-8-14-9/h1-4,8,11H,5-7H2,(H,12,13)/b4-1+. The van der Waals surface area contributed by atoms with Gasteiger partial charge in [0.1, 0.15) is 5.76 Å². The van der Waals surface area contributed by atoms with Crippen molar-refractivity contribution in [3.8, 4) is 0 Å². The highest BCUT2D eigenvalue weighted by molar-refractivity contribution is 5.79. The zero-order valence-electron chi connectivity index (χ0n) is 7.77. The van der Waals surface area contributed by atoms with Gasteiger partial charge in [-0.15, -0.1) is 0 Å². The first-order valence-corrected chi connectivity index (χ1v) is 4.41. The molecule has 0 spiro atoms. The lowest BCUT2D eigenvalue weighted by atomic mass is 10.3. The van der Waals surface area contributed by atoms with E-state index in [-0.39, 0.29) is 0 Å². The fraction of sp³-hybridized carbons (Fsp3) is 0.300. The average molecular weight is 195 g/mol. The lowest BCUT2D eigenvalue weighted by Gasteiger charge is -1.97. The van der Waals surface area contributed by atoms with Crippen molar-refractivity contribution < 1.29 is 14.3 Å². The third kappa shape index (κ3) is 4.47. The lowest BCUT2D eigenvalue weighted by Crippen LogP contribution is -2.16. The van der Waals surface area contributed by atoms with Gasteiger partial charge in [0.2, 0.25) is 0 Å². The Kier molecular flexibility index (Phi) is 4.50. The van der Waals surface area contributed by atoms with E-state index < -0.39 is 5.97 Å². The quantitative estimate of drug-likeness (QED) is 0.526. The second kappa shape index (κ2) is 5.99. The molecule has 1 aromatic heterocycles. The maximum atomic E-state index is 10.1. The highest BCUT2D eigenvalue weighted by Gasteiger charge is 1.93. The van der Waals surface area contributed by atoms with Gasteiger partial charge in [-0.3, -0.25) is 0 Å². The van der Waals surface area contributed by atoms with Crippen LogP contribution in [-0.4, -0.2) is 24.2 Å². The molecular formula is C10H13NO3. The summed E-state index contributed by atoms with van der Waals surface area (Å²) in [5.74, 6) is 0.0116. The number of rotatable bonds is 6. The Labute approximate surface area is 82.2 Å². The fourth-order valence-corrected chi connectivity index (χ4v) is 1.01. The maximum absolute atomic E-state index is 10.1. The molecule has 1 heterocycles. The third-order valence-corrected chi connectivity index (χ3v) is 1.65. The van der Waals surface area contributed by atoms with Crippen LogP contribution in [0.2, 0.25) is 0 Å². The van der Waals surface area contributed by atoms with Crippen molar-refractivity contribution in [3.63, 3.8) is 0 Å². The minimum absolute atomic E-state index is 0.563. The van der Waals surface area contributed by atoms with Crippen LogP contribution >= 0.6 is 0 Å². The number of furan rings is 1. The lowest BCUT2D eigenvalue weighted by molar-refractivity contribution is -0.131. The van der Waals surface area contributed by atoms with Crippen molar-refractivity contribution in [1.82, 2.24) is 5.32 Å². The predicted octanol–water partition coefficient (Wildman–Crippen LogP) is 1.05. The van der Waals surface area contributed by atoms with Crippen LogP contribution in [0.1, 0.15) is 5.76 Å². The van der Waals surface area contributed by atoms with Gasteiger partial charge in [-0.05, 0) is 12.1 Å². The number of hydrogen-bond acceptors (Lipinski definition) is 3. The van der Waals surface area contributed by atoms with E-state index in [1.54, 1.807) is 12.3 Å². The minimum Gasteiger partial charge on any atom is -0.478 e. The van der Waals surface area contributed by atoms with E-state index in [1.807, 2.05) is 12.1 Å². The zero-order valence-corrected chi connectivity index (χ0v) is 7.77. The van der Waals surface area contributed by atoms with E-state index >= 15 is 0 Å². The molecule has 0 atom stereocenters. The van der Waals surface area contributed by atoms with Gasteiger partial charge in [0.05, 0.1) is 6.26 Å². The summed E-state index contributed by atoms with van der Waals surface area (Å²) in [7, 11) is 0. The first-order chi connectivity index (χ1) is 6.79. The molecule has 0 fully saturated rings. The molecule has 76 valence electrons. The Morgan fingerprint density at radius 2 is 2.50 bits per heavy atom. The number of carbonyl (C=O) groups is 1. The summed E-state index contributed by atoms with van der Waals surface area (Å²) in [6.45, 7) is 1.34. The van der Waals surface area contributed by atoms with Crippen LogP contribution in [0.5, 0.6) is 0 Å². The van der Waals surface area contributed by atoms with Gasteiger partial charge in [0.15, 0.2) is 0 Å². The molecular weight excluding hydrogens is 182 g/mol. The van der Waals surface area contributed by atoms with Crippen LogP contribution in [0.3, 0.4) is 0 Å². The van der Waals surface area contributed by atoms with Crippen molar-refractivity contribution in [2.24, 2.45) is 0 Å². The highest BCUT2D eigenvalue weighted by atomic mass is 16.4. The van der Waals surface area contributed by atoms with Gasteiger partial charge in [-0.25, -0.2) is 4.79 Å². The maximum Gasteiger partial charge on any atom is 0.328 e. The molecule has 1 rings (SSSR count).